The Kier molecular flexibility index (Phi) is 5.50. The van der Waals surface area contributed by atoms with E-state index in [9.17, 15) is 9.59 Å². The molecule has 1 heterocycles. The largest absolute Gasteiger partial charge is 0.481 e. The van der Waals surface area contributed by atoms with E-state index in [0.717, 1.165) is 17.1 Å². The maximum atomic E-state index is 12.5. The van der Waals surface area contributed by atoms with Gasteiger partial charge in [-0.05, 0) is 37.0 Å². The van der Waals surface area contributed by atoms with Gasteiger partial charge in [-0.25, -0.2) is 4.98 Å². The van der Waals surface area contributed by atoms with E-state index in [0.29, 0.717) is 22.0 Å². The number of anilines is 1. The molecule has 2 rings (SSSR count). The first-order valence-electron chi connectivity index (χ1n) is 7.43. The first-order chi connectivity index (χ1) is 10.8. The third-order valence-corrected chi connectivity index (χ3v) is 4.16. The molecule has 122 valence electrons. The zero-order valence-corrected chi connectivity index (χ0v) is 14.2. The van der Waals surface area contributed by atoms with E-state index in [1.54, 1.807) is 24.3 Å². The summed E-state index contributed by atoms with van der Waals surface area (Å²) in [6, 6.07) is 6.90. The van der Waals surface area contributed by atoms with E-state index in [1.165, 1.54) is 11.3 Å². The molecule has 1 aromatic carbocycles. The highest BCUT2D eigenvalue weighted by Gasteiger charge is 2.18. The molecule has 23 heavy (non-hydrogen) atoms. The number of hydrogen-bond acceptors (Lipinski definition) is 4. The van der Waals surface area contributed by atoms with Crippen LogP contribution < -0.4 is 5.32 Å². The second-order valence-electron chi connectivity index (χ2n) is 5.83. The van der Waals surface area contributed by atoms with Gasteiger partial charge in [0.1, 0.15) is 4.88 Å². The predicted octanol–water partition coefficient (Wildman–Crippen LogP) is 3.53. The number of aryl methyl sites for hydroxylation is 1. The summed E-state index contributed by atoms with van der Waals surface area (Å²) in [4.78, 5) is 28.4. The minimum atomic E-state index is -0.897. The standard InChI is InChI=1S/C17H20N2O3S/c1-10(2)7-14-16(23-11(3)18-14)17(22)19-13-6-4-5-12(8-13)9-15(20)21/h4-6,8,10H,7,9H2,1-3H3,(H,19,22)(H,20,21). The van der Waals surface area contributed by atoms with Gasteiger partial charge in [0.25, 0.3) is 5.91 Å². The number of hydrogen-bond donors (Lipinski definition) is 2. The summed E-state index contributed by atoms with van der Waals surface area (Å²) >= 11 is 1.38. The van der Waals surface area contributed by atoms with Crippen LogP contribution >= 0.6 is 11.3 Å². The number of rotatable bonds is 6. The Bertz CT molecular complexity index is 722. The lowest BCUT2D eigenvalue weighted by molar-refractivity contribution is -0.136. The van der Waals surface area contributed by atoms with E-state index in [1.807, 2.05) is 6.92 Å². The van der Waals surface area contributed by atoms with Crippen LogP contribution in [0.3, 0.4) is 0 Å². The van der Waals surface area contributed by atoms with Gasteiger partial charge in [0, 0.05) is 5.69 Å². The minimum Gasteiger partial charge on any atom is -0.481 e. The van der Waals surface area contributed by atoms with Gasteiger partial charge in [-0.2, -0.15) is 0 Å². The number of aliphatic carboxylic acids is 1. The second kappa shape index (κ2) is 7.37. The summed E-state index contributed by atoms with van der Waals surface area (Å²) in [6.45, 7) is 6.07. The van der Waals surface area contributed by atoms with Crippen molar-refractivity contribution in [2.45, 2.75) is 33.6 Å². The highest BCUT2D eigenvalue weighted by Crippen LogP contribution is 2.22. The number of nitrogens with zero attached hydrogens (tertiary/aromatic N) is 1. The topological polar surface area (TPSA) is 79.3 Å². The molecular weight excluding hydrogens is 312 g/mol. The molecule has 0 atom stereocenters. The molecule has 0 saturated heterocycles. The fraction of sp³-hybridized carbons (Fsp3) is 0.353. The van der Waals surface area contributed by atoms with Gasteiger partial charge in [-0.1, -0.05) is 26.0 Å². The highest BCUT2D eigenvalue weighted by molar-refractivity contribution is 7.13. The summed E-state index contributed by atoms with van der Waals surface area (Å²) in [5.74, 6) is -0.675. The van der Waals surface area contributed by atoms with E-state index < -0.39 is 5.97 Å². The molecule has 2 aromatic rings. The fourth-order valence-corrected chi connectivity index (χ4v) is 3.14. The van der Waals surface area contributed by atoms with Crippen molar-refractivity contribution in [1.29, 1.82) is 0 Å². The Morgan fingerprint density at radius 3 is 2.74 bits per heavy atom. The van der Waals surface area contributed by atoms with Crippen molar-refractivity contribution in [1.82, 2.24) is 4.98 Å². The van der Waals surface area contributed by atoms with Crippen LogP contribution in [0, 0.1) is 12.8 Å². The first kappa shape index (κ1) is 17.1. The van der Waals surface area contributed by atoms with Crippen molar-refractivity contribution < 1.29 is 14.7 Å². The maximum Gasteiger partial charge on any atom is 0.307 e. The number of benzene rings is 1. The van der Waals surface area contributed by atoms with Gasteiger partial charge in [0.15, 0.2) is 0 Å². The number of aromatic nitrogens is 1. The van der Waals surface area contributed by atoms with E-state index in [2.05, 4.69) is 24.1 Å². The van der Waals surface area contributed by atoms with Gasteiger partial charge in [0.2, 0.25) is 0 Å². The molecular formula is C17H20N2O3S. The zero-order valence-electron chi connectivity index (χ0n) is 13.4. The minimum absolute atomic E-state index is 0.0675. The summed E-state index contributed by atoms with van der Waals surface area (Å²) in [7, 11) is 0. The van der Waals surface area contributed by atoms with E-state index in [-0.39, 0.29) is 12.3 Å². The van der Waals surface area contributed by atoms with Crippen molar-refractivity contribution in [2.24, 2.45) is 5.92 Å². The molecule has 1 amide bonds. The number of carbonyl (C=O) groups is 2. The van der Waals surface area contributed by atoms with Gasteiger partial charge in [-0.3, -0.25) is 9.59 Å². The van der Waals surface area contributed by atoms with Crippen LogP contribution in [0.2, 0.25) is 0 Å². The summed E-state index contributed by atoms with van der Waals surface area (Å²) in [5.41, 5.74) is 2.06. The number of amides is 1. The molecule has 0 saturated carbocycles. The van der Waals surface area contributed by atoms with Crippen LogP contribution in [0.5, 0.6) is 0 Å². The molecule has 1 aromatic heterocycles. The summed E-state index contributed by atoms with van der Waals surface area (Å²) < 4.78 is 0. The number of carboxylic acids is 1. The molecule has 0 aliphatic heterocycles. The van der Waals surface area contributed by atoms with Crippen LogP contribution in [0.25, 0.3) is 0 Å². The van der Waals surface area contributed by atoms with Crippen molar-refractivity contribution >= 4 is 28.9 Å². The number of carboxylic acid groups (broad SMARTS) is 1. The monoisotopic (exact) mass is 332 g/mol. The first-order valence-corrected chi connectivity index (χ1v) is 8.25. The third-order valence-electron chi connectivity index (χ3n) is 3.15. The molecule has 0 unspecified atom stereocenters. The molecule has 0 aliphatic carbocycles. The number of nitrogens with one attached hydrogen (secondary N) is 1. The average Bonchev–Trinajstić information content (AvgIpc) is 2.78. The smallest absolute Gasteiger partial charge is 0.307 e. The second-order valence-corrected chi connectivity index (χ2v) is 7.03. The van der Waals surface area contributed by atoms with Crippen LogP contribution in [0.15, 0.2) is 24.3 Å². The predicted molar refractivity (Wildman–Crippen MR) is 91.1 cm³/mol. The van der Waals surface area contributed by atoms with Crippen LogP contribution in [0.4, 0.5) is 5.69 Å². The molecule has 0 fully saturated rings. The molecule has 0 radical (unpaired) electrons. The van der Waals surface area contributed by atoms with Gasteiger partial charge >= 0.3 is 5.97 Å². The van der Waals surface area contributed by atoms with Gasteiger partial charge < -0.3 is 10.4 Å². The molecule has 0 bridgehead atoms. The zero-order chi connectivity index (χ0) is 17.0. The molecule has 0 aliphatic rings. The number of thiazole rings is 1. The van der Waals surface area contributed by atoms with Crippen molar-refractivity contribution in [2.75, 3.05) is 5.32 Å². The Morgan fingerprint density at radius 2 is 2.09 bits per heavy atom. The molecule has 2 N–H and O–H groups in total. The Morgan fingerprint density at radius 1 is 1.35 bits per heavy atom. The molecule has 6 heteroatoms. The summed E-state index contributed by atoms with van der Waals surface area (Å²) in [5, 5.41) is 12.6. The highest BCUT2D eigenvalue weighted by atomic mass is 32.1. The van der Waals surface area contributed by atoms with E-state index in [4.69, 9.17) is 5.11 Å². The van der Waals surface area contributed by atoms with Gasteiger partial charge in [0.05, 0.1) is 17.1 Å². The Hall–Kier alpha value is -2.21. The van der Waals surface area contributed by atoms with Crippen molar-refractivity contribution in [3.63, 3.8) is 0 Å². The average molecular weight is 332 g/mol. The van der Waals surface area contributed by atoms with Crippen LogP contribution in [-0.2, 0) is 17.6 Å². The quantitative estimate of drug-likeness (QED) is 0.848. The van der Waals surface area contributed by atoms with Crippen LogP contribution in [-0.4, -0.2) is 22.0 Å². The SMILES string of the molecule is Cc1nc(CC(C)C)c(C(=O)Nc2cccc(CC(=O)O)c2)s1. The fourth-order valence-electron chi connectivity index (χ4n) is 2.29. The van der Waals surface area contributed by atoms with E-state index >= 15 is 0 Å². The number of carbonyl (C=O) groups excluding carboxylic acids is 1. The van der Waals surface area contributed by atoms with Crippen LogP contribution in [0.1, 0.15) is 39.8 Å². The lowest BCUT2D eigenvalue weighted by atomic mass is 10.1. The van der Waals surface area contributed by atoms with Crippen molar-refractivity contribution in [3.05, 3.63) is 45.4 Å². The lowest BCUT2D eigenvalue weighted by Gasteiger charge is -2.08. The lowest BCUT2D eigenvalue weighted by Crippen LogP contribution is -2.13. The Labute approximate surface area is 139 Å². The molecule has 0 spiro atoms. The maximum absolute atomic E-state index is 12.5. The van der Waals surface area contributed by atoms with Crippen molar-refractivity contribution in [3.8, 4) is 0 Å². The Balaban J connectivity index is 2.17. The summed E-state index contributed by atoms with van der Waals surface area (Å²) in [6.07, 6.45) is 0.689. The molecule has 5 nitrogen and oxygen atoms in total. The third kappa shape index (κ3) is 4.89. The van der Waals surface area contributed by atoms with Gasteiger partial charge in [-0.15, -0.1) is 11.3 Å². The normalized spacial score (nSPS) is 10.8.